The lowest BCUT2D eigenvalue weighted by molar-refractivity contribution is -0.123. The van der Waals surface area contributed by atoms with E-state index in [0.717, 1.165) is 38.5 Å². The van der Waals surface area contributed by atoms with E-state index in [1.165, 1.54) is 167 Å². The molecule has 0 radical (unpaired) electrons. The third-order valence-electron chi connectivity index (χ3n) is 10.2. The molecule has 0 aromatic carbocycles. The maximum atomic E-state index is 12.7. The van der Waals surface area contributed by atoms with E-state index in [-0.39, 0.29) is 25.7 Å². The average Bonchev–Trinajstić information content (AvgIpc) is 3.12. The van der Waals surface area contributed by atoms with Crippen LogP contribution < -0.4 is 11.1 Å². The SMILES string of the molecule is CCCCCCCCCCCCCCCCCCCCCCCC(O)C(COP(=O)(O)OCCN)NC(=O)CCCCCCCCCCCCC. The summed E-state index contributed by atoms with van der Waals surface area (Å²) in [4.78, 5) is 22.7. The largest absolute Gasteiger partial charge is 0.472 e. The summed E-state index contributed by atoms with van der Waals surface area (Å²) in [6.45, 7) is 4.22. The number of rotatable bonds is 42. The van der Waals surface area contributed by atoms with E-state index < -0.39 is 20.0 Å². The van der Waals surface area contributed by atoms with Crippen LogP contribution in [-0.4, -0.2) is 47.8 Å². The molecule has 0 heterocycles. The van der Waals surface area contributed by atoms with Crippen LogP contribution in [0.1, 0.15) is 232 Å². The van der Waals surface area contributed by atoms with Crippen molar-refractivity contribution < 1.29 is 28.4 Å². The van der Waals surface area contributed by atoms with Gasteiger partial charge in [0.25, 0.3) is 0 Å². The van der Waals surface area contributed by atoms with E-state index in [2.05, 4.69) is 19.2 Å². The van der Waals surface area contributed by atoms with E-state index >= 15 is 0 Å². The second-order valence-corrected chi connectivity index (χ2v) is 16.7. The van der Waals surface area contributed by atoms with E-state index in [1.807, 2.05) is 0 Å². The summed E-state index contributed by atoms with van der Waals surface area (Å²) in [7, 11) is -4.31. The molecular weight excluding hydrogens is 659 g/mol. The standard InChI is InChI=1S/C42H87N2O6P/c1-3-5-7-9-11-13-15-16-17-18-19-20-21-22-23-24-26-27-29-31-33-35-41(45)40(39-50-51(47,48)49-38-37-43)44-42(46)36-34-32-30-28-25-14-12-10-8-6-4-2/h40-41,45H,3-39,43H2,1-2H3,(H,44,46)(H,47,48). The zero-order chi connectivity index (χ0) is 37.5. The van der Waals surface area contributed by atoms with Gasteiger partial charge >= 0.3 is 7.82 Å². The van der Waals surface area contributed by atoms with Gasteiger partial charge in [-0.05, 0) is 12.8 Å². The van der Waals surface area contributed by atoms with Gasteiger partial charge in [-0.15, -0.1) is 0 Å². The van der Waals surface area contributed by atoms with Gasteiger partial charge < -0.3 is 21.1 Å². The maximum absolute atomic E-state index is 12.7. The maximum Gasteiger partial charge on any atom is 0.472 e. The Labute approximate surface area is 316 Å². The highest BCUT2D eigenvalue weighted by Gasteiger charge is 2.27. The van der Waals surface area contributed by atoms with Gasteiger partial charge in [-0.3, -0.25) is 13.8 Å². The molecule has 3 unspecified atom stereocenters. The molecule has 0 spiro atoms. The molecule has 0 aliphatic rings. The fourth-order valence-electron chi connectivity index (χ4n) is 6.84. The van der Waals surface area contributed by atoms with Crippen LogP contribution in [0.5, 0.6) is 0 Å². The number of unbranched alkanes of at least 4 members (excludes halogenated alkanes) is 30. The monoisotopic (exact) mass is 747 g/mol. The molecule has 306 valence electrons. The number of phosphoric ester groups is 1. The zero-order valence-electron chi connectivity index (χ0n) is 33.9. The van der Waals surface area contributed by atoms with Crippen LogP contribution in [0.2, 0.25) is 0 Å². The van der Waals surface area contributed by atoms with Crippen molar-refractivity contribution in [3.05, 3.63) is 0 Å². The minimum Gasteiger partial charge on any atom is -0.391 e. The molecular formula is C42H87N2O6P. The van der Waals surface area contributed by atoms with E-state index in [9.17, 15) is 19.4 Å². The first-order chi connectivity index (χ1) is 24.9. The lowest BCUT2D eigenvalue weighted by atomic mass is 10.0. The Morgan fingerprint density at radius 3 is 1.25 bits per heavy atom. The number of amides is 1. The normalized spacial score (nSPS) is 14.1. The first-order valence-corrected chi connectivity index (χ1v) is 23.6. The summed E-state index contributed by atoms with van der Waals surface area (Å²) in [5, 5.41) is 13.8. The molecule has 0 fully saturated rings. The number of aliphatic hydroxyl groups is 1. The molecule has 0 aromatic rings. The molecule has 9 heteroatoms. The minimum atomic E-state index is -4.31. The minimum absolute atomic E-state index is 0.0924. The van der Waals surface area contributed by atoms with Crippen molar-refractivity contribution in [1.82, 2.24) is 5.32 Å². The molecule has 5 N–H and O–H groups in total. The van der Waals surface area contributed by atoms with Gasteiger partial charge in [0, 0.05) is 13.0 Å². The van der Waals surface area contributed by atoms with Gasteiger partial charge in [-0.1, -0.05) is 213 Å². The number of carbonyl (C=O) groups is 1. The zero-order valence-corrected chi connectivity index (χ0v) is 34.8. The van der Waals surface area contributed by atoms with Crippen molar-refractivity contribution in [2.45, 2.75) is 244 Å². The number of phosphoric acid groups is 1. The molecule has 3 atom stereocenters. The van der Waals surface area contributed by atoms with Crippen LogP contribution in [0.3, 0.4) is 0 Å². The van der Waals surface area contributed by atoms with E-state index in [4.69, 9.17) is 14.8 Å². The smallest absolute Gasteiger partial charge is 0.391 e. The van der Waals surface area contributed by atoms with E-state index in [0.29, 0.717) is 12.8 Å². The Hall–Kier alpha value is -0.500. The number of carbonyl (C=O) groups excluding carboxylic acids is 1. The highest BCUT2D eigenvalue weighted by atomic mass is 31.2. The summed E-state index contributed by atoms with van der Waals surface area (Å²) in [5.74, 6) is -0.159. The van der Waals surface area contributed by atoms with Gasteiger partial charge in [-0.25, -0.2) is 4.57 Å². The molecule has 0 bridgehead atoms. The molecule has 0 aliphatic carbocycles. The predicted octanol–water partition coefficient (Wildman–Crippen LogP) is 12.2. The molecule has 0 saturated heterocycles. The Morgan fingerprint density at radius 2 is 0.902 bits per heavy atom. The van der Waals surface area contributed by atoms with E-state index in [1.54, 1.807) is 0 Å². The lowest BCUT2D eigenvalue weighted by Gasteiger charge is -2.25. The summed E-state index contributed by atoms with van der Waals surface area (Å²) in [5.41, 5.74) is 5.38. The van der Waals surface area contributed by atoms with Crippen LogP contribution in [-0.2, 0) is 18.4 Å². The summed E-state index contributed by atoms with van der Waals surface area (Å²) in [6.07, 6.45) is 41.2. The van der Waals surface area contributed by atoms with Crippen LogP contribution in [0, 0.1) is 0 Å². The van der Waals surface area contributed by atoms with Crippen molar-refractivity contribution in [2.24, 2.45) is 5.73 Å². The molecule has 51 heavy (non-hydrogen) atoms. The molecule has 0 saturated carbocycles. The third kappa shape index (κ3) is 37.6. The van der Waals surface area contributed by atoms with Crippen LogP contribution >= 0.6 is 7.82 Å². The van der Waals surface area contributed by atoms with Crippen molar-refractivity contribution in [1.29, 1.82) is 0 Å². The van der Waals surface area contributed by atoms with Gasteiger partial charge in [0.05, 0.1) is 25.4 Å². The predicted molar refractivity (Wildman–Crippen MR) is 217 cm³/mol. The Balaban J connectivity index is 4.04. The number of aliphatic hydroxyl groups excluding tert-OH is 1. The van der Waals surface area contributed by atoms with Crippen molar-refractivity contribution in [3.8, 4) is 0 Å². The second-order valence-electron chi connectivity index (χ2n) is 15.3. The molecule has 8 nitrogen and oxygen atoms in total. The average molecular weight is 747 g/mol. The fraction of sp³-hybridized carbons (Fsp3) is 0.976. The quantitative estimate of drug-likeness (QED) is 0.0361. The Kier molecular flexibility index (Phi) is 38.8. The number of hydrogen-bond donors (Lipinski definition) is 4. The highest BCUT2D eigenvalue weighted by molar-refractivity contribution is 7.47. The summed E-state index contributed by atoms with van der Waals surface area (Å²) < 4.78 is 22.2. The molecule has 1 amide bonds. The van der Waals surface area contributed by atoms with Crippen molar-refractivity contribution in [2.75, 3.05) is 19.8 Å². The van der Waals surface area contributed by atoms with Gasteiger partial charge in [0.2, 0.25) is 5.91 Å². The fourth-order valence-corrected chi connectivity index (χ4v) is 7.60. The molecule has 0 aliphatic heterocycles. The number of nitrogens with two attached hydrogens (primary N) is 1. The first-order valence-electron chi connectivity index (χ1n) is 22.2. The molecule has 0 aromatic heterocycles. The first kappa shape index (κ1) is 50.5. The van der Waals surface area contributed by atoms with Gasteiger partial charge in [-0.2, -0.15) is 0 Å². The summed E-state index contributed by atoms with van der Waals surface area (Å²) in [6, 6.07) is -0.766. The number of nitrogens with one attached hydrogen (secondary N) is 1. The highest BCUT2D eigenvalue weighted by Crippen LogP contribution is 2.43. The molecule has 0 rings (SSSR count). The Morgan fingerprint density at radius 1 is 0.569 bits per heavy atom. The summed E-state index contributed by atoms with van der Waals surface area (Å²) >= 11 is 0. The third-order valence-corrected chi connectivity index (χ3v) is 11.2. The second kappa shape index (κ2) is 39.2. The lowest BCUT2D eigenvalue weighted by Crippen LogP contribution is -2.46. The van der Waals surface area contributed by atoms with Crippen LogP contribution in [0.15, 0.2) is 0 Å². The van der Waals surface area contributed by atoms with Crippen molar-refractivity contribution >= 4 is 13.7 Å². The van der Waals surface area contributed by atoms with Gasteiger partial charge in [0.1, 0.15) is 0 Å². The van der Waals surface area contributed by atoms with Gasteiger partial charge in [0.15, 0.2) is 0 Å². The number of hydrogen-bond acceptors (Lipinski definition) is 6. The topological polar surface area (TPSA) is 131 Å². The van der Waals surface area contributed by atoms with Crippen molar-refractivity contribution in [3.63, 3.8) is 0 Å². The van der Waals surface area contributed by atoms with Crippen LogP contribution in [0.4, 0.5) is 0 Å². The van der Waals surface area contributed by atoms with Crippen LogP contribution in [0.25, 0.3) is 0 Å². The Bertz CT molecular complexity index is 774.